The summed E-state index contributed by atoms with van der Waals surface area (Å²) in [5.41, 5.74) is 1.22. The molecule has 0 heterocycles. The van der Waals surface area contributed by atoms with Crippen molar-refractivity contribution in [2.45, 2.75) is 51.4 Å². The van der Waals surface area contributed by atoms with Gasteiger partial charge in [-0.25, -0.2) is 0 Å². The number of hydrogen-bond acceptors (Lipinski definition) is 2. The first-order chi connectivity index (χ1) is 10.3. The second-order valence-corrected chi connectivity index (χ2v) is 6.11. The quantitative estimate of drug-likeness (QED) is 0.774. The molecule has 0 spiro atoms. The average molecular weight is 289 g/mol. The molecule has 1 saturated carbocycles. The Morgan fingerprint density at radius 3 is 2.48 bits per heavy atom. The van der Waals surface area contributed by atoms with Crippen LogP contribution in [-0.2, 0) is 4.79 Å². The average Bonchev–Trinajstić information content (AvgIpc) is 2.52. The monoisotopic (exact) mass is 289 g/mol. The molecular formula is C18H27NO2. The highest BCUT2D eigenvalue weighted by atomic mass is 16.4. The largest absolute Gasteiger partial charge is 0.481 e. The molecule has 1 aromatic carbocycles. The molecule has 1 aliphatic carbocycles. The lowest BCUT2D eigenvalue weighted by molar-refractivity contribution is -0.137. The van der Waals surface area contributed by atoms with Crippen molar-refractivity contribution in [1.82, 2.24) is 0 Å². The van der Waals surface area contributed by atoms with Gasteiger partial charge in [0.1, 0.15) is 0 Å². The standard InChI is InChI=1S/C18H27NO2/c20-18(21)12-7-14-19(17-10-5-2-6-11-17)15-13-16-8-3-1-4-9-16/h2,5-6,10-11,16H,1,3-4,7-9,12-15H2,(H,20,21). The van der Waals surface area contributed by atoms with Gasteiger partial charge in [-0.1, -0.05) is 50.3 Å². The first kappa shape index (κ1) is 15.9. The van der Waals surface area contributed by atoms with Crippen LogP contribution in [-0.4, -0.2) is 24.2 Å². The van der Waals surface area contributed by atoms with Crippen molar-refractivity contribution in [3.8, 4) is 0 Å². The van der Waals surface area contributed by atoms with E-state index in [0.717, 1.165) is 25.4 Å². The van der Waals surface area contributed by atoms with Crippen LogP contribution in [0.25, 0.3) is 0 Å². The van der Waals surface area contributed by atoms with E-state index in [-0.39, 0.29) is 6.42 Å². The third-order valence-electron chi connectivity index (χ3n) is 4.47. The Kier molecular flexibility index (Phi) is 6.58. The van der Waals surface area contributed by atoms with E-state index in [1.54, 1.807) is 0 Å². The Balaban J connectivity index is 1.86. The third-order valence-corrected chi connectivity index (χ3v) is 4.47. The van der Waals surface area contributed by atoms with Crippen molar-refractivity contribution in [2.75, 3.05) is 18.0 Å². The van der Waals surface area contributed by atoms with Gasteiger partial charge in [-0.05, 0) is 30.9 Å². The van der Waals surface area contributed by atoms with Gasteiger partial charge < -0.3 is 10.0 Å². The molecule has 0 unspecified atom stereocenters. The van der Waals surface area contributed by atoms with Gasteiger partial charge in [0.25, 0.3) is 0 Å². The second-order valence-electron chi connectivity index (χ2n) is 6.11. The van der Waals surface area contributed by atoms with Crippen LogP contribution in [0, 0.1) is 5.92 Å². The van der Waals surface area contributed by atoms with Crippen LogP contribution in [0.4, 0.5) is 5.69 Å². The zero-order chi connectivity index (χ0) is 14.9. The lowest BCUT2D eigenvalue weighted by Gasteiger charge is -2.28. The van der Waals surface area contributed by atoms with Gasteiger partial charge in [-0.3, -0.25) is 4.79 Å². The molecule has 0 amide bonds. The summed E-state index contributed by atoms with van der Waals surface area (Å²) < 4.78 is 0. The van der Waals surface area contributed by atoms with Crippen molar-refractivity contribution in [2.24, 2.45) is 5.92 Å². The molecule has 1 fully saturated rings. The Morgan fingerprint density at radius 1 is 1.10 bits per heavy atom. The van der Waals surface area contributed by atoms with Gasteiger partial charge in [-0.2, -0.15) is 0 Å². The van der Waals surface area contributed by atoms with E-state index in [4.69, 9.17) is 5.11 Å². The fourth-order valence-electron chi connectivity index (χ4n) is 3.24. The summed E-state index contributed by atoms with van der Waals surface area (Å²) in [7, 11) is 0. The summed E-state index contributed by atoms with van der Waals surface area (Å²) >= 11 is 0. The van der Waals surface area contributed by atoms with Crippen molar-refractivity contribution in [1.29, 1.82) is 0 Å². The number of benzene rings is 1. The van der Waals surface area contributed by atoms with Gasteiger partial charge in [0.15, 0.2) is 0 Å². The van der Waals surface area contributed by atoms with E-state index in [1.165, 1.54) is 44.2 Å². The molecule has 1 aromatic rings. The Labute approximate surface area is 128 Å². The highest BCUT2D eigenvalue weighted by Crippen LogP contribution is 2.27. The SMILES string of the molecule is O=C(O)CCCN(CCC1CCCCC1)c1ccccc1. The topological polar surface area (TPSA) is 40.5 Å². The van der Waals surface area contributed by atoms with Crippen molar-refractivity contribution in [3.63, 3.8) is 0 Å². The minimum absolute atomic E-state index is 0.257. The number of hydrogen-bond donors (Lipinski definition) is 1. The van der Waals surface area contributed by atoms with E-state index < -0.39 is 5.97 Å². The minimum Gasteiger partial charge on any atom is -0.481 e. The third kappa shape index (κ3) is 5.78. The van der Waals surface area contributed by atoms with Gasteiger partial charge in [0.05, 0.1) is 0 Å². The van der Waals surface area contributed by atoms with E-state index in [1.807, 2.05) is 6.07 Å². The first-order valence-electron chi connectivity index (χ1n) is 8.27. The lowest BCUT2D eigenvalue weighted by Crippen LogP contribution is -2.28. The summed E-state index contributed by atoms with van der Waals surface area (Å²) in [5.74, 6) is 0.166. The molecule has 0 saturated heterocycles. The smallest absolute Gasteiger partial charge is 0.303 e. The van der Waals surface area contributed by atoms with Gasteiger partial charge >= 0.3 is 5.97 Å². The molecule has 116 valence electrons. The summed E-state index contributed by atoms with van der Waals surface area (Å²) in [4.78, 5) is 13.1. The number of rotatable bonds is 8. The predicted octanol–water partition coefficient (Wildman–Crippen LogP) is 4.33. The molecule has 0 aromatic heterocycles. The fourth-order valence-corrected chi connectivity index (χ4v) is 3.24. The molecule has 0 radical (unpaired) electrons. The number of para-hydroxylation sites is 1. The number of anilines is 1. The molecule has 1 aliphatic rings. The summed E-state index contributed by atoms with van der Waals surface area (Å²) in [5, 5.41) is 8.81. The van der Waals surface area contributed by atoms with Crippen LogP contribution >= 0.6 is 0 Å². The van der Waals surface area contributed by atoms with Crippen molar-refractivity contribution in [3.05, 3.63) is 30.3 Å². The van der Waals surface area contributed by atoms with Crippen LogP contribution in [0.15, 0.2) is 30.3 Å². The van der Waals surface area contributed by atoms with E-state index in [2.05, 4.69) is 29.2 Å². The highest BCUT2D eigenvalue weighted by Gasteiger charge is 2.15. The zero-order valence-corrected chi connectivity index (χ0v) is 12.8. The molecule has 0 atom stereocenters. The number of carboxylic acids is 1. The number of nitrogens with zero attached hydrogens (tertiary/aromatic N) is 1. The van der Waals surface area contributed by atoms with Gasteiger partial charge in [0, 0.05) is 25.2 Å². The molecular weight excluding hydrogens is 262 g/mol. The van der Waals surface area contributed by atoms with Gasteiger partial charge in [-0.15, -0.1) is 0 Å². The van der Waals surface area contributed by atoms with Crippen LogP contribution in [0.2, 0.25) is 0 Å². The van der Waals surface area contributed by atoms with E-state index in [0.29, 0.717) is 0 Å². The second kappa shape index (κ2) is 8.71. The molecule has 3 heteroatoms. The van der Waals surface area contributed by atoms with Crippen LogP contribution in [0.1, 0.15) is 51.4 Å². The van der Waals surface area contributed by atoms with E-state index in [9.17, 15) is 4.79 Å². The highest BCUT2D eigenvalue weighted by molar-refractivity contribution is 5.66. The zero-order valence-electron chi connectivity index (χ0n) is 12.8. The Bertz CT molecular complexity index is 412. The molecule has 0 aliphatic heterocycles. The number of carboxylic acid groups (broad SMARTS) is 1. The maximum Gasteiger partial charge on any atom is 0.303 e. The van der Waals surface area contributed by atoms with Crippen molar-refractivity contribution >= 4 is 11.7 Å². The Hall–Kier alpha value is -1.51. The lowest BCUT2D eigenvalue weighted by atomic mass is 9.87. The number of carbonyl (C=O) groups is 1. The predicted molar refractivity (Wildman–Crippen MR) is 86.7 cm³/mol. The molecule has 2 rings (SSSR count). The molecule has 1 N–H and O–H groups in total. The fraction of sp³-hybridized carbons (Fsp3) is 0.611. The van der Waals surface area contributed by atoms with E-state index >= 15 is 0 Å². The first-order valence-corrected chi connectivity index (χ1v) is 8.27. The molecule has 21 heavy (non-hydrogen) atoms. The summed E-state index contributed by atoms with van der Waals surface area (Å²) in [6.45, 7) is 1.89. The summed E-state index contributed by atoms with van der Waals surface area (Å²) in [6.07, 6.45) is 9.13. The van der Waals surface area contributed by atoms with Crippen molar-refractivity contribution < 1.29 is 9.90 Å². The summed E-state index contributed by atoms with van der Waals surface area (Å²) in [6, 6.07) is 10.4. The van der Waals surface area contributed by atoms with Crippen LogP contribution in [0.3, 0.4) is 0 Å². The normalized spacial score (nSPS) is 15.8. The maximum absolute atomic E-state index is 10.7. The maximum atomic E-state index is 10.7. The molecule has 0 bridgehead atoms. The molecule has 3 nitrogen and oxygen atoms in total. The van der Waals surface area contributed by atoms with Gasteiger partial charge in [0.2, 0.25) is 0 Å². The Morgan fingerprint density at radius 2 is 1.81 bits per heavy atom. The van der Waals surface area contributed by atoms with Crippen LogP contribution in [0.5, 0.6) is 0 Å². The minimum atomic E-state index is -0.699. The number of aliphatic carboxylic acids is 1. The van der Waals surface area contributed by atoms with Crippen LogP contribution < -0.4 is 4.90 Å².